The van der Waals surface area contributed by atoms with Crippen LogP contribution < -0.4 is 0 Å². The first-order chi connectivity index (χ1) is 8.54. The molecule has 0 saturated carbocycles. The van der Waals surface area contributed by atoms with Crippen LogP contribution in [-0.2, 0) is 11.8 Å². The Bertz CT molecular complexity index is 519. The Labute approximate surface area is 111 Å². The summed E-state index contributed by atoms with van der Waals surface area (Å²) in [7, 11) is 1.91. The van der Waals surface area contributed by atoms with Crippen LogP contribution in [0.4, 0.5) is 4.79 Å². The van der Waals surface area contributed by atoms with Crippen molar-refractivity contribution in [3.63, 3.8) is 0 Å². The van der Waals surface area contributed by atoms with Crippen molar-refractivity contribution in [3.8, 4) is 0 Å². The van der Waals surface area contributed by atoms with Gasteiger partial charge >= 0.3 is 0 Å². The molecular formula is C13H16N2O2S. The number of aryl methyl sites for hydroxylation is 1. The molecule has 0 N–H and O–H groups in total. The molecule has 5 heteroatoms. The number of hydrogen-bond acceptors (Lipinski definition) is 3. The second-order valence-corrected chi connectivity index (χ2v) is 5.35. The van der Waals surface area contributed by atoms with E-state index >= 15 is 0 Å². The quantitative estimate of drug-likeness (QED) is 0.788. The summed E-state index contributed by atoms with van der Waals surface area (Å²) >= 11 is 1.02. The first-order valence-electron chi connectivity index (χ1n) is 5.93. The summed E-state index contributed by atoms with van der Waals surface area (Å²) in [6.07, 6.45) is 4.45. The van der Waals surface area contributed by atoms with E-state index in [0.29, 0.717) is 4.91 Å². The Kier molecular flexibility index (Phi) is 3.61. The molecule has 2 rings (SSSR count). The summed E-state index contributed by atoms with van der Waals surface area (Å²) < 4.78 is 1.91. The molecule has 1 aliphatic heterocycles. The minimum absolute atomic E-state index is 0.0446. The first kappa shape index (κ1) is 13.0. The van der Waals surface area contributed by atoms with E-state index in [1.165, 1.54) is 4.90 Å². The molecule has 0 unspecified atom stereocenters. The van der Waals surface area contributed by atoms with Crippen molar-refractivity contribution < 1.29 is 9.59 Å². The van der Waals surface area contributed by atoms with Gasteiger partial charge in [-0.25, -0.2) is 0 Å². The predicted octanol–water partition coefficient (Wildman–Crippen LogP) is 2.86. The lowest BCUT2D eigenvalue weighted by Gasteiger charge is -2.19. The van der Waals surface area contributed by atoms with Crippen molar-refractivity contribution in [2.45, 2.75) is 26.3 Å². The van der Waals surface area contributed by atoms with Gasteiger partial charge in [0, 0.05) is 25.0 Å². The minimum atomic E-state index is -0.180. The van der Waals surface area contributed by atoms with E-state index in [9.17, 15) is 9.59 Å². The predicted molar refractivity (Wildman–Crippen MR) is 73.0 cm³/mol. The van der Waals surface area contributed by atoms with Crippen molar-refractivity contribution >= 4 is 29.0 Å². The van der Waals surface area contributed by atoms with Gasteiger partial charge in [-0.1, -0.05) is 6.92 Å². The summed E-state index contributed by atoms with van der Waals surface area (Å²) in [5, 5.41) is -0.171. The fourth-order valence-electron chi connectivity index (χ4n) is 1.80. The lowest BCUT2D eigenvalue weighted by Crippen LogP contribution is -2.36. The van der Waals surface area contributed by atoms with Gasteiger partial charge in [0.1, 0.15) is 0 Å². The minimum Gasteiger partial charge on any atom is -0.351 e. The SMILES string of the molecule is CC[C@@H](C)N1C(=O)S/C(=C/c2cccn2C)C1=O. The second kappa shape index (κ2) is 5.02. The van der Waals surface area contributed by atoms with Crippen LogP contribution in [0.2, 0.25) is 0 Å². The van der Waals surface area contributed by atoms with E-state index < -0.39 is 0 Å². The van der Waals surface area contributed by atoms with Crippen LogP contribution in [0.25, 0.3) is 6.08 Å². The maximum Gasteiger partial charge on any atom is 0.293 e. The Hall–Kier alpha value is -1.49. The standard InChI is InChI=1S/C13H16N2O2S/c1-4-9(2)15-12(16)11(18-13(15)17)8-10-6-5-7-14(10)3/h5-9H,4H2,1-3H3/b11-8+/t9-/m1/s1. The highest BCUT2D eigenvalue weighted by Gasteiger charge is 2.37. The molecule has 4 nitrogen and oxygen atoms in total. The highest BCUT2D eigenvalue weighted by atomic mass is 32.2. The van der Waals surface area contributed by atoms with Gasteiger partial charge in [-0.15, -0.1) is 0 Å². The normalized spacial score (nSPS) is 19.9. The average molecular weight is 264 g/mol. The van der Waals surface area contributed by atoms with Crippen molar-refractivity contribution in [2.75, 3.05) is 0 Å². The Morgan fingerprint density at radius 3 is 2.72 bits per heavy atom. The molecule has 0 radical (unpaired) electrons. The zero-order chi connectivity index (χ0) is 13.3. The fourth-order valence-corrected chi connectivity index (χ4v) is 2.72. The van der Waals surface area contributed by atoms with E-state index in [1.54, 1.807) is 6.08 Å². The Morgan fingerprint density at radius 1 is 1.44 bits per heavy atom. The molecule has 0 bridgehead atoms. The zero-order valence-corrected chi connectivity index (χ0v) is 11.5. The zero-order valence-electron chi connectivity index (χ0n) is 10.7. The molecule has 2 heterocycles. The molecule has 1 saturated heterocycles. The van der Waals surface area contributed by atoms with E-state index in [4.69, 9.17) is 0 Å². The van der Waals surface area contributed by atoms with Gasteiger partial charge < -0.3 is 4.57 Å². The number of carbonyl (C=O) groups is 2. The van der Waals surface area contributed by atoms with Gasteiger partial charge in [-0.2, -0.15) is 0 Å². The molecule has 0 aliphatic carbocycles. The van der Waals surface area contributed by atoms with E-state index in [2.05, 4.69) is 0 Å². The molecule has 96 valence electrons. The van der Waals surface area contributed by atoms with Gasteiger partial charge in [-0.05, 0) is 43.3 Å². The van der Waals surface area contributed by atoms with E-state index in [-0.39, 0.29) is 17.2 Å². The van der Waals surface area contributed by atoms with Crippen molar-refractivity contribution in [1.29, 1.82) is 0 Å². The molecule has 2 amide bonds. The summed E-state index contributed by atoms with van der Waals surface area (Å²) in [4.78, 5) is 25.8. The molecule has 18 heavy (non-hydrogen) atoms. The van der Waals surface area contributed by atoms with Crippen LogP contribution in [0.15, 0.2) is 23.2 Å². The molecule has 1 aromatic rings. The smallest absolute Gasteiger partial charge is 0.293 e. The molecule has 1 atom stereocenters. The monoisotopic (exact) mass is 264 g/mol. The van der Waals surface area contributed by atoms with Crippen LogP contribution in [0.1, 0.15) is 26.0 Å². The van der Waals surface area contributed by atoms with E-state index in [0.717, 1.165) is 23.9 Å². The number of imide groups is 1. The third kappa shape index (κ3) is 2.22. The van der Waals surface area contributed by atoms with Crippen LogP contribution in [0.5, 0.6) is 0 Å². The molecule has 1 aliphatic rings. The summed E-state index contributed by atoms with van der Waals surface area (Å²) in [5.41, 5.74) is 0.921. The van der Waals surface area contributed by atoms with Crippen molar-refractivity contribution in [3.05, 3.63) is 28.9 Å². The largest absolute Gasteiger partial charge is 0.351 e. The van der Waals surface area contributed by atoms with Gasteiger partial charge in [0.2, 0.25) is 0 Å². The van der Waals surface area contributed by atoms with Crippen molar-refractivity contribution in [1.82, 2.24) is 9.47 Å². The van der Waals surface area contributed by atoms with Gasteiger partial charge in [0.05, 0.1) is 4.91 Å². The van der Waals surface area contributed by atoms with Crippen LogP contribution >= 0.6 is 11.8 Å². The third-order valence-electron chi connectivity index (χ3n) is 3.12. The molecule has 0 aromatic carbocycles. The number of amides is 2. The third-order valence-corrected chi connectivity index (χ3v) is 4.00. The van der Waals surface area contributed by atoms with Crippen LogP contribution in [0.3, 0.4) is 0 Å². The first-order valence-corrected chi connectivity index (χ1v) is 6.74. The number of rotatable bonds is 3. The number of carbonyl (C=O) groups excluding carboxylic acids is 2. The van der Waals surface area contributed by atoms with Gasteiger partial charge in [0.15, 0.2) is 0 Å². The molecule has 1 fully saturated rings. The highest BCUT2D eigenvalue weighted by Crippen LogP contribution is 2.33. The second-order valence-electron chi connectivity index (χ2n) is 4.35. The molecule has 0 spiro atoms. The fraction of sp³-hybridized carbons (Fsp3) is 0.385. The van der Waals surface area contributed by atoms with Crippen LogP contribution in [0, 0.1) is 0 Å². The average Bonchev–Trinajstić information content (AvgIpc) is 2.85. The van der Waals surface area contributed by atoms with E-state index in [1.807, 2.05) is 43.8 Å². The Morgan fingerprint density at radius 2 is 2.17 bits per heavy atom. The summed E-state index contributed by atoms with van der Waals surface area (Å²) in [5.74, 6) is -0.180. The number of thioether (sulfide) groups is 1. The maximum absolute atomic E-state index is 12.2. The molecular weight excluding hydrogens is 248 g/mol. The number of hydrogen-bond donors (Lipinski definition) is 0. The maximum atomic E-state index is 12.2. The lowest BCUT2D eigenvalue weighted by molar-refractivity contribution is -0.124. The van der Waals surface area contributed by atoms with Gasteiger partial charge in [-0.3, -0.25) is 14.5 Å². The Balaban J connectivity index is 2.28. The molecule has 1 aromatic heterocycles. The summed E-state index contributed by atoms with van der Waals surface area (Å²) in [6, 6.07) is 3.78. The highest BCUT2D eigenvalue weighted by molar-refractivity contribution is 8.18. The van der Waals surface area contributed by atoms with Crippen molar-refractivity contribution in [2.24, 2.45) is 7.05 Å². The topological polar surface area (TPSA) is 42.3 Å². The lowest BCUT2D eigenvalue weighted by atomic mass is 10.2. The number of nitrogens with zero attached hydrogens (tertiary/aromatic N) is 2. The van der Waals surface area contributed by atoms with Gasteiger partial charge in [0.25, 0.3) is 11.1 Å². The van der Waals surface area contributed by atoms with Crippen LogP contribution in [-0.4, -0.2) is 26.7 Å². The summed E-state index contributed by atoms with van der Waals surface area (Å²) in [6.45, 7) is 3.86. The number of aromatic nitrogens is 1.